The Hall–Kier alpha value is -3.18. The lowest BCUT2D eigenvalue weighted by atomic mass is 10.1. The molecule has 3 N–H and O–H groups in total. The van der Waals surface area contributed by atoms with Gasteiger partial charge in [0, 0.05) is 44.6 Å². The number of hydrogen-bond acceptors (Lipinski definition) is 7. The van der Waals surface area contributed by atoms with Gasteiger partial charge in [-0.05, 0) is 49.6 Å². The van der Waals surface area contributed by atoms with Crippen molar-refractivity contribution in [3.05, 3.63) is 48.2 Å². The maximum absolute atomic E-state index is 12.2. The van der Waals surface area contributed by atoms with Crippen LogP contribution in [0.2, 0.25) is 0 Å². The molecule has 1 saturated heterocycles. The van der Waals surface area contributed by atoms with Crippen LogP contribution < -0.4 is 16.0 Å². The van der Waals surface area contributed by atoms with E-state index in [9.17, 15) is 13.2 Å². The number of oxime groups is 1. The smallest absolute Gasteiger partial charge is 0.265 e. The number of pyridine rings is 1. The maximum Gasteiger partial charge on any atom is 0.265 e. The maximum atomic E-state index is 12.2. The summed E-state index contributed by atoms with van der Waals surface area (Å²) in [4.78, 5) is 23.9. The van der Waals surface area contributed by atoms with Crippen LogP contribution in [0.3, 0.4) is 0 Å². The number of benzene rings is 1. The molecule has 1 amide bonds. The normalized spacial score (nSPS) is 15.0. The van der Waals surface area contributed by atoms with E-state index >= 15 is 0 Å². The van der Waals surface area contributed by atoms with E-state index in [-0.39, 0.29) is 17.3 Å². The van der Waals surface area contributed by atoms with Crippen LogP contribution >= 0.6 is 0 Å². The van der Waals surface area contributed by atoms with Crippen LogP contribution in [0.5, 0.6) is 0 Å². The Balaban J connectivity index is 1.54. The molecule has 0 radical (unpaired) electrons. The first-order chi connectivity index (χ1) is 15.3. The number of aromatic nitrogens is 1. The quantitative estimate of drug-likeness (QED) is 0.348. The van der Waals surface area contributed by atoms with Gasteiger partial charge < -0.3 is 20.8 Å². The van der Waals surface area contributed by atoms with E-state index in [2.05, 4.69) is 20.4 Å². The summed E-state index contributed by atoms with van der Waals surface area (Å²) in [5.74, 6) is 0.508. The van der Waals surface area contributed by atoms with Gasteiger partial charge in [-0.3, -0.25) is 4.79 Å². The third-order valence-corrected chi connectivity index (χ3v) is 6.79. The number of hydrogen-bond donors (Lipinski definition) is 2. The van der Waals surface area contributed by atoms with Crippen LogP contribution in [-0.2, 0) is 19.7 Å². The number of amides is 1. The van der Waals surface area contributed by atoms with Crippen molar-refractivity contribution in [3.63, 3.8) is 0 Å². The van der Waals surface area contributed by atoms with Crippen molar-refractivity contribution in [2.45, 2.75) is 24.2 Å². The molecule has 1 fully saturated rings. The van der Waals surface area contributed by atoms with E-state index in [4.69, 9.17) is 10.6 Å². The van der Waals surface area contributed by atoms with Crippen LogP contribution in [0.15, 0.2) is 52.6 Å². The molecular formula is C21H28N6O4S. The van der Waals surface area contributed by atoms with Crippen molar-refractivity contribution < 1.29 is 18.0 Å². The fourth-order valence-electron chi connectivity index (χ4n) is 3.20. The Bertz CT molecular complexity index is 1060. The van der Waals surface area contributed by atoms with Crippen LogP contribution in [0.25, 0.3) is 0 Å². The molecule has 1 aromatic carbocycles. The second-order valence-electron chi connectivity index (χ2n) is 7.57. The third kappa shape index (κ3) is 5.95. The molecule has 0 spiro atoms. The summed E-state index contributed by atoms with van der Waals surface area (Å²) in [5.41, 5.74) is 6.85. The molecule has 0 bridgehead atoms. The largest absolute Gasteiger partial charge is 0.384 e. The van der Waals surface area contributed by atoms with Gasteiger partial charge in [-0.25, -0.2) is 17.7 Å². The first-order valence-electron chi connectivity index (χ1n) is 10.3. The number of nitrogens with one attached hydrogen (secondary N) is 1. The predicted octanol–water partition coefficient (Wildman–Crippen LogP) is 1.60. The van der Waals surface area contributed by atoms with Gasteiger partial charge in [0.25, 0.3) is 5.91 Å². The monoisotopic (exact) mass is 460 g/mol. The van der Waals surface area contributed by atoms with Crippen LogP contribution in [-0.4, -0.2) is 63.2 Å². The van der Waals surface area contributed by atoms with Gasteiger partial charge in [0.15, 0.2) is 12.4 Å². The number of piperidine rings is 1. The molecule has 0 atom stereocenters. The Labute approximate surface area is 188 Å². The van der Waals surface area contributed by atoms with Gasteiger partial charge in [-0.2, -0.15) is 0 Å². The molecule has 172 valence electrons. The molecule has 1 aromatic heterocycles. The number of sulfonamides is 1. The standard InChI is InChI=1S/C21H28N6O4S/c1-26(2)32(29,30)18-8-6-7-17(13-18)24-20(28)15-31-25-21(22)16-9-10-19(23-14-16)27-11-4-3-5-12-27/h6-10,13-14H,3-5,11-12,15H2,1-2H3,(H2,22,25)(H,24,28). The minimum Gasteiger partial charge on any atom is -0.384 e. The highest BCUT2D eigenvalue weighted by molar-refractivity contribution is 7.89. The van der Waals surface area contributed by atoms with Crippen molar-refractivity contribution >= 4 is 33.3 Å². The number of carbonyl (C=O) groups excluding carboxylic acids is 1. The average molecular weight is 461 g/mol. The highest BCUT2D eigenvalue weighted by Crippen LogP contribution is 2.19. The van der Waals surface area contributed by atoms with E-state index in [1.165, 1.54) is 45.5 Å². The number of carbonyl (C=O) groups is 1. The van der Waals surface area contributed by atoms with Crippen molar-refractivity contribution in [2.75, 3.05) is 44.0 Å². The van der Waals surface area contributed by atoms with Crippen molar-refractivity contribution in [1.29, 1.82) is 0 Å². The summed E-state index contributed by atoms with van der Waals surface area (Å²) in [6, 6.07) is 9.67. The fourth-order valence-corrected chi connectivity index (χ4v) is 4.15. The molecule has 1 aliphatic rings. The number of nitrogens with two attached hydrogens (primary N) is 1. The first kappa shape index (κ1) is 23.5. The molecule has 0 unspecified atom stereocenters. The molecule has 1 aliphatic heterocycles. The summed E-state index contributed by atoms with van der Waals surface area (Å²) in [5, 5.41) is 6.35. The lowest BCUT2D eigenvalue weighted by Crippen LogP contribution is -2.30. The average Bonchev–Trinajstić information content (AvgIpc) is 2.79. The minimum atomic E-state index is -3.60. The fraction of sp³-hybridized carbons (Fsp3) is 0.381. The topological polar surface area (TPSA) is 130 Å². The molecule has 0 aliphatic carbocycles. The molecule has 10 nitrogen and oxygen atoms in total. The van der Waals surface area contributed by atoms with E-state index in [0.29, 0.717) is 11.3 Å². The van der Waals surface area contributed by atoms with Crippen molar-refractivity contribution in [1.82, 2.24) is 9.29 Å². The van der Waals surface area contributed by atoms with Gasteiger partial charge in [-0.1, -0.05) is 11.2 Å². The first-order valence-corrected chi connectivity index (χ1v) is 11.7. The summed E-state index contributed by atoms with van der Waals surface area (Å²) >= 11 is 0. The minimum absolute atomic E-state index is 0.0731. The summed E-state index contributed by atoms with van der Waals surface area (Å²) in [6.45, 7) is 1.61. The molecule has 32 heavy (non-hydrogen) atoms. The number of anilines is 2. The molecule has 2 aromatic rings. The molecule has 2 heterocycles. The van der Waals surface area contributed by atoms with Crippen molar-refractivity contribution in [3.8, 4) is 0 Å². The van der Waals surface area contributed by atoms with Crippen LogP contribution in [0.4, 0.5) is 11.5 Å². The van der Waals surface area contributed by atoms with E-state index in [1.807, 2.05) is 12.1 Å². The number of amidine groups is 1. The predicted molar refractivity (Wildman–Crippen MR) is 123 cm³/mol. The Kier molecular flexibility index (Phi) is 7.65. The second-order valence-corrected chi connectivity index (χ2v) is 9.72. The Morgan fingerprint density at radius 3 is 2.62 bits per heavy atom. The SMILES string of the molecule is CN(C)S(=O)(=O)c1cccc(NC(=O)CO/N=C(/N)c2ccc(N3CCCCC3)nc2)c1. The Morgan fingerprint density at radius 2 is 1.97 bits per heavy atom. The number of rotatable bonds is 8. The van der Waals surface area contributed by atoms with E-state index in [0.717, 1.165) is 23.2 Å². The molecule has 3 rings (SSSR count). The van der Waals surface area contributed by atoms with Gasteiger partial charge in [0.1, 0.15) is 5.82 Å². The van der Waals surface area contributed by atoms with Crippen LogP contribution in [0, 0.1) is 0 Å². The number of nitrogens with zero attached hydrogens (tertiary/aromatic N) is 4. The zero-order chi connectivity index (χ0) is 23.1. The third-order valence-electron chi connectivity index (χ3n) is 4.98. The lowest BCUT2D eigenvalue weighted by molar-refractivity contribution is -0.120. The molecule has 11 heteroatoms. The highest BCUT2D eigenvalue weighted by atomic mass is 32.2. The lowest BCUT2D eigenvalue weighted by Gasteiger charge is -2.27. The summed E-state index contributed by atoms with van der Waals surface area (Å²) in [7, 11) is -0.725. The van der Waals surface area contributed by atoms with E-state index in [1.54, 1.807) is 18.3 Å². The van der Waals surface area contributed by atoms with Crippen molar-refractivity contribution in [2.24, 2.45) is 10.9 Å². The molecule has 0 saturated carbocycles. The van der Waals surface area contributed by atoms with Crippen LogP contribution in [0.1, 0.15) is 24.8 Å². The van der Waals surface area contributed by atoms with E-state index < -0.39 is 15.9 Å². The van der Waals surface area contributed by atoms with Gasteiger partial charge >= 0.3 is 0 Å². The zero-order valence-electron chi connectivity index (χ0n) is 18.2. The summed E-state index contributed by atoms with van der Waals surface area (Å²) < 4.78 is 25.5. The highest BCUT2D eigenvalue weighted by Gasteiger charge is 2.17. The van der Waals surface area contributed by atoms with Gasteiger partial charge in [-0.15, -0.1) is 0 Å². The second kappa shape index (κ2) is 10.4. The summed E-state index contributed by atoms with van der Waals surface area (Å²) in [6.07, 6.45) is 5.21. The van der Waals surface area contributed by atoms with Gasteiger partial charge in [0.05, 0.1) is 4.90 Å². The van der Waals surface area contributed by atoms with Gasteiger partial charge in [0.2, 0.25) is 10.0 Å². The molecular weight excluding hydrogens is 432 g/mol. The zero-order valence-corrected chi connectivity index (χ0v) is 19.0. The Morgan fingerprint density at radius 1 is 1.22 bits per heavy atom.